The van der Waals surface area contributed by atoms with E-state index in [9.17, 15) is 19.2 Å². The van der Waals surface area contributed by atoms with Crippen LogP contribution in [0, 0.1) is 17.8 Å². The number of imide groups is 1. The number of fused-ring (bicyclic) bond motifs is 2. The van der Waals surface area contributed by atoms with Crippen LogP contribution in [0.15, 0.2) is 54.6 Å². The van der Waals surface area contributed by atoms with Gasteiger partial charge in [-0.1, -0.05) is 62.4 Å². The first-order chi connectivity index (χ1) is 15.9. The highest BCUT2D eigenvalue weighted by molar-refractivity contribution is 6.08. The van der Waals surface area contributed by atoms with E-state index in [4.69, 9.17) is 4.74 Å². The molecule has 1 heterocycles. The summed E-state index contributed by atoms with van der Waals surface area (Å²) >= 11 is 0. The molecule has 0 unspecified atom stereocenters. The largest absolute Gasteiger partial charge is 0.454 e. The van der Waals surface area contributed by atoms with E-state index in [2.05, 4.69) is 5.32 Å². The van der Waals surface area contributed by atoms with Crippen molar-refractivity contribution in [3.63, 3.8) is 0 Å². The second-order valence-corrected chi connectivity index (χ2v) is 9.03. The molecule has 172 valence electrons. The molecule has 1 N–H and O–H groups in total. The van der Waals surface area contributed by atoms with Crippen molar-refractivity contribution in [1.82, 2.24) is 4.90 Å². The lowest BCUT2D eigenvalue weighted by atomic mass is 9.85. The average molecular weight is 449 g/mol. The number of nitrogens with one attached hydrogen (secondary N) is 1. The summed E-state index contributed by atoms with van der Waals surface area (Å²) < 4.78 is 5.30. The number of benzene rings is 2. The fourth-order valence-corrected chi connectivity index (χ4v) is 4.64. The fourth-order valence-electron chi connectivity index (χ4n) is 4.64. The molecule has 0 radical (unpaired) electrons. The molecule has 0 spiro atoms. The molecule has 2 aromatic rings. The van der Waals surface area contributed by atoms with E-state index in [1.54, 1.807) is 6.07 Å². The number of carbonyl (C=O) groups is 4. The number of carbonyl (C=O) groups excluding carboxylic acids is 4. The van der Waals surface area contributed by atoms with Crippen molar-refractivity contribution in [2.24, 2.45) is 17.8 Å². The molecular formula is C26H28N2O5. The van der Waals surface area contributed by atoms with Crippen LogP contribution in [-0.2, 0) is 23.9 Å². The van der Waals surface area contributed by atoms with Gasteiger partial charge in [-0.05, 0) is 36.6 Å². The summed E-state index contributed by atoms with van der Waals surface area (Å²) in [5, 5.41) is 4.63. The van der Waals surface area contributed by atoms with Crippen LogP contribution in [0.1, 0.15) is 33.1 Å². The van der Waals surface area contributed by atoms with Crippen molar-refractivity contribution in [3.8, 4) is 0 Å². The number of ether oxygens (including phenoxy) is 1. The van der Waals surface area contributed by atoms with Crippen LogP contribution in [-0.4, -0.2) is 41.2 Å². The number of anilines is 1. The van der Waals surface area contributed by atoms with Gasteiger partial charge in [0.1, 0.15) is 6.04 Å². The Balaban J connectivity index is 1.44. The van der Waals surface area contributed by atoms with Crippen LogP contribution in [0.2, 0.25) is 0 Å². The molecule has 7 nitrogen and oxygen atoms in total. The quantitative estimate of drug-likeness (QED) is 0.396. The van der Waals surface area contributed by atoms with E-state index in [0.29, 0.717) is 18.5 Å². The molecule has 1 aliphatic carbocycles. The minimum atomic E-state index is -1.03. The van der Waals surface area contributed by atoms with Gasteiger partial charge in [0, 0.05) is 11.1 Å². The fraction of sp³-hybridized carbons (Fsp3) is 0.385. The van der Waals surface area contributed by atoms with Crippen LogP contribution in [0.25, 0.3) is 10.8 Å². The van der Waals surface area contributed by atoms with Gasteiger partial charge in [0.15, 0.2) is 6.61 Å². The molecule has 0 aromatic heterocycles. The van der Waals surface area contributed by atoms with Gasteiger partial charge < -0.3 is 10.1 Å². The van der Waals surface area contributed by atoms with E-state index >= 15 is 0 Å². The van der Waals surface area contributed by atoms with Crippen LogP contribution >= 0.6 is 0 Å². The predicted molar refractivity (Wildman–Crippen MR) is 124 cm³/mol. The standard InChI is InChI=1S/C26H28N2O5/c1-16(2)14-22(28-24(30)19-11-5-6-12-20(19)25(28)31)26(32)33-15-23(29)27-21-13-7-9-17-8-3-4-10-18(17)21/h3-10,13,16,19-20,22H,11-12,14-15H2,1-2H3,(H,27,29)/t19-,20-,22-/m0/s1. The van der Waals surface area contributed by atoms with Gasteiger partial charge in [-0.2, -0.15) is 0 Å². The summed E-state index contributed by atoms with van der Waals surface area (Å²) in [6.07, 6.45) is 5.10. The zero-order valence-electron chi connectivity index (χ0n) is 18.8. The maximum Gasteiger partial charge on any atom is 0.329 e. The minimum absolute atomic E-state index is 0.0495. The molecule has 1 aliphatic heterocycles. The Morgan fingerprint density at radius 3 is 2.30 bits per heavy atom. The van der Waals surface area contributed by atoms with E-state index < -0.39 is 36.4 Å². The molecule has 4 rings (SSSR count). The van der Waals surface area contributed by atoms with Crippen molar-refractivity contribution in [2.75, 3.05) is 11.9 Å². The normalized spacial score (nSPS) is 20.8. The van der Waals surface area contributed by atoms with Crippen LogP contribution in [0.5, 0.6) is 0 Å². The van der Waals surface area contributed by atoms with E-state index in [0.717, 1.165) is 15.7 Å². The molecule has 0 saturated carbocycles. The molecule has 0 bridgehead atoms. The zero-order chi connectivity index (χ0) is 23.5. The third-order valence-corrected chi connectivity index (χ3v) is 6.23. The summed E-state index contributed by atoms with van der Waals surface area (Å²) in [4.78, 5) is 52.5. The first-order valence-electron chi connectivity index (χ1n) is 11.3. The highest BCUT2D eigenvalue weighted by atomic mass is 16.5. The smallest absolute Gasteiger partial charge is 0.329 e. The molecule has 1 fully saturated rings. The summed E-state index contributed by atoms with van der Waals surface area (Å²) in [6, 6.07) is 12.2. The monoisotopic (exact) mass is 448 g/mol. The van der Waals surface area contributed by atoms with Crippen molar-refractivity contribution < 1.29 is 23.9 Å². The van der Waals surface area contributed by atoms with E-state index in [1.165, 1.54) is 0 Å². The van der Waals surface area contributed by atoms with Gasteiger partial charge in [0.2, 0.25) is 11.8 Å². The van der Waals surface area contributed by atoms with Gasteiger partial charge in [-0.25, -0.2) is 4.79 Å². The lowest BCUT2D eigenvalue weighted by Gasteiger charge is -2.26. The Morgan fingerprint density at radius 1 is 1.00 bits per heavy atom. The second kappa shape index (κ2) is 9.57. The van der Waals surface area contributed by atoms with E-state index in [-0.39, 0.29) is 24.2 Å². The van der Waals surface area contributed by atoms with Crippen molar-refractivity contribution in [1.29, 1.82) is 0 Å². The Bertz CT molecular complexity index is 1090. The number of rotatable bonds is 7. The van der Waals surface area contributed by atoms with Gasteiger partial charge >= 0.3 is 5.97 Å². The van der Waals surface area contributed by atoms with Crippen molar-refractivity contribution >= 4 is 40.2 Å². The SMILES string of the molecule is CC(C)C[C@@H](C(=O)OCC(=O)Nc1cccc2ccccc12)N1C(=O)[C@H]2CC=CC[C@@H]2C1=O. The topological polar surface area (TPSA) is 92.8 Å². The third kappa shape index (κ3) is 4.67. The van der Waals surface area contributed by atoms with Crippen molar-refractivity contribution in [3.05, 3.63) is 54.6 Å². The number of hydrogen-bond acceptors (Lipinski definition) is 5. The molecule has 7 heteroatoms. The summed E-state index contributed by atoms with van der Waals surface area (Å²) in [6.45, 7) is 3.32. The highest BCUT2D eigenvalue weighted by Crippen LogP contribution is 2.37. The third-order valence-electron chi connectivity index (χ3n) is 6.23. The Morgan fingerprint density at radius 2 is 1.64 bits per heavy atom. The average Bonchev–Trinajstić information content (AvgIpc) is 3.06. The predicted octanol–water partition coefficient (Wildman–Crippen LogP) is 3.69. The summed E-state index contributed by atoms with van der Waals surface area (Å²) in [5.41, 5.74) is 0.620. The van der Waals surface area contributed by atoms with Crippen LogP contribution in [0.3, 0.4) is 0 Å². The van der Waals surface area contributed by atoms with Crippen molar-refractivity contribution in [2.45, 2.75) is 39.2 Å². The number of allylic oxidation sites excluding steroid dienone is 2. The first-order valence-corrected chi connectivity index (χ1v) is 11.3. The zero-order valence-corrected chi connectivity index (χ0v) is 18.8. The number of likely N-dealkylation sites (tertiary alicyclic amines) is 1. The first kappa shape index (κ1) is 22.7. The maximum absolute atomic E-state index is 13.0. The maximum atomic E-state index is 13.0. The molecule has 3 amide bonds. The Labute approximate surface area is 192 Å². The molecule has 2 aromatic carbocycles. The second-order valence-electron chi connectivity index (χ2n) is 9.03. The molecular weight excluding hydrogens is 420 g/mol. The highest BCUT2D eigenvalue weighted by Gasteiger charge is 2.51. The number of amides is 3. The number of nitrogens with zero attached hydrogens (tertiary/aromatic N) is 1. The molecule has 2 aliphatic rings. The minimum Gasteiger partial charge on any atom is -0.454 e. The van der Waals surface area contributed by atoms with E-state index in [1.807, 2.05) is 62.4 Å². The molecule has 3 atom stereocenters. The Kier molecular flexibility index (Phi) is 6.58. The number of esters is 1. The van der Waals surface area contributed by atoms with Gasteiger partial charge in [-0.15, -0.1) is 0 Å². The Hall–Kier alpha value is -3.48. The molecule has 33 heavy (non-hydrogen) atoms. The lowest BCUT2D eigenvalue weighted by Crippen LogP contribution is -2.47. The van der Waals surface area contributed by atoms with Gasteiger partial charge in [0.25, 0.3) is 5.91 Å². The summed E-state index contributed by atoms with van der Waals surface area (Å²) in [7, 11) is 0. The van der Waals surface area contributed by atoms with Crippen LogP contribution in [0.4, 0.5) is 5.69 Å². The number of hydrogen-bond donors (Lipinski definition) is 1. The van der Waals surface area contributed by atoms with Crippen LogP contribution < -0.4 is 5.32 Å². The molecule has 1 saturated heterocycles. The van der Waals surface area contributed by atoms with Gasteiger partial charge in [-0.3, -0.25) is 19.3 Å². The van der Waals surface area contributed by atoms with Gasteiger partial charge in [0.05, 0.1) is 11.8 Å². The lowest BCUT2D eigenvalue weighted by molar-refractivity contribution is -0.160. The summed E-state index contributed by atoms with van der Waals surface area (Å²) in [5.74, 6) is -2.65.